The predicted octanol–water partition coefficient (Wildman–Crippen LogP) is 3.88. The number of nitrogens with one attached hydrogen (secondary N) is 4. The van der Waals surface area contributed by atoms with Crippen LogP contribution in [0.15, 0.2) is 12.7 Å². The maximum Gasteiger partial charge on any atom is 0.329 e. The smallest absolute Gasteiger partial charge is 0.329 e. The summed E-state index contributed by atoms with van der Waals surface area (Å²) in [5.41, 5.74) is -1.72. The number of Topliss-reactive ketones (excluding diaryl/α,β-unsaturated/α-hetero) is 1. The number of ketones is 1. The van der Waals surface area contributed by atoms with E-state index >= 15 is 0 Å². The highest BCUT2D eigenvalue weighted by atomic mass is 16.5. The second-order valence-electron chi connectivity index (χ2n) is 16.1. The van der Waals surface area contributed by atoms with Gasteiger partial charge in [-0.05, 0) is 48.9 Å². The Balaban J connectivity index is 3.40. The van der Waals surface area contributed by atoms with Crippen LogP contribution in [0.5, 0.6) is 0 Å². The molecule has 0 aliphatic carbocycles. The summed E-state index contributed by atoms with van der Waals surface area (Å²) in [7, 11) is 0. The fourth-order valence-corrected chi connectivity index (χ4v) is 5.36. The minimum atomic E-state index is -1.07. The van der Waals surface area contributed by atoms with Gasteiger partial charge in [-0.2, -0.15) is 0 Å². The summed E-state index contributed by atoms with van der Waals surface area (Å²) in [4.78, 5) is 81.6. The monoisotopic (exact) mass is 663 g/mol. The maximum atomic E-state index is 14.4. The summed E-state index contributed by atoms with van der Waals surface area (Å²) in [6.45, 7) is 26.2. The summed E-state index contributed by atoms with van der Waals surface area (Å²) in [5.74, 6) is -3.21. The number of likely N-dealkylation sites (tertiary alicyclic amines) is 1. The number of nitrogens with zero attached hydrogens (tertiary/aromatic N) is 1. The molecule has 1 heterocycles. The lowest BCUT2D eigenvalue weighted by Crippen LogP contribution is -2.62. The molecule has 1 fully saturated rings. The Morgan fingerprint density at radius 3 is 1.91 bits per heavy atom. The largest absolute Gasteiger partial charge is 0.461 e. The SMILES string of the molecule is C=CCNC(=O)C(=O)C(CCCC)NC(=O)[C@@H]1C[C@@H](C(C)(C)C)CN1C(=O)[C@@H](NC(=O)N[C@H](C(=O)OC(C)C)C(C)(C)C)C(C)(C)C. The lowest BCUT2D eigenvalue weighted by molar-refractivity contribution is -0.152. The van der Waals surface area contributed by atoms with Crippen LogP contribution in [0.4, 0.5) is 4.79 Å². The number of hydrogen-bond donors (Lipinski definition) is 4. The van der Waals surface area contributed by atoms with Gasteiger partial charge in [0.15, 0.2) is 0 Å². The van der Waals surface area contributed by atoms with Crippen molar-refractivity contribution in [3.63, 3.8) is 0 Å². The number of unbranched alkanes of at least 4 members (excludes halogenated alkanes) is 1. The van der Waals surface area contributed by atoms with Gasteiger partial charge in [0.25, 0.3) is 5.91 Å². The third-order valence-corrected chi connectivity index (χ3v) is 8.34. The highest BCUT2D eigenvalue weighted by molar-refractivity contribution is 6.38. The third kappa shape index (κ3) is 12.6. The number of ether oxygens (including phenoxy) is 1. The van der Waals surface area contributed by atoms with Crippen molar-refractivity contribution in [3.05, 3.63) is 12.7 Å². The minimum absolute atomic E-state index is 0.0617. The molecule has 1 aliphatic rings. The zero-order chi connectivity index (χ0) is 36.5. The van der Waals surface area contributed by atoms with Crippen molar-refractivity contribution >= 4 is 35.5 Å². The van der Waals surface area contributed by atoms with E-state index in [-0.39, 0.29) is 36.9 Å². The molecule has 0 spiro atoms. The van der Waals surface area contributed by atoms with Crippen LogP contribution in [0.1, 0.15) is 109 Å². The molecule has 1 rings (SSSR count). The molecule has 268 valence electrons. The van der Waals surface area contributed by atoms with Crippen LogP contribution in [0.3, 0.4) is 0 Å². The van der Waals surface area contributed by atoms with Gasteiger partial charge in [-0.1, -0.05) is 88.2 Å². The van der Waals surface area contributed by atoms with Gasteiger partial charge in [-0.25, -0.2) is 9.59 Å². The van der Waals surface area contributed by atoms with Crippen molar-refractivity contribution in [2.75, 3.05) is 13.1 Å². The maximum absolute atomic E-state index is 14.4. The Kier molecular flexibility index (Phi) is 15.1. The Labute approximate surface area is 281 Å². The lowest BCUT2D eigenvalue weighted by Gasteiger charge is -2.37. The first-order chi connectivity index (χ1) is 21.4. The number of amides is 5. The number of hydrogen-bond acceptors (Lipinski definition) is 7. The topological polar surface area (TPSA) is 163 Å². The van der Waals surface area contributed by atoms with Crippen molar-refractivity contribution in [1.82, 2.24) is 26.2 Å². The number of rotatable bonds is 14. The molecule has 0 saturated carbocycles. The molecule has 0 radical (unpaired) electrons. The number of carbonyl (C=O) groups excluding carboxylic acids is 6. The molecule has 47 heavy (non-hydrogen) atoms. The second kappa shape index (κ2) is 17.1. The van der Waals surface area contributed by atoms with E-state index in [4.69, 9.17) is 4.74 Å². The highest BCUT2D eigenvalue weighted by Gasteiger charge is 2.48. The van der Waals surface area contributed by atoms with E-state index in [0.717, 1.165) is 6.42 Å². The average Bonchev–Trinajstić information content (AvgIpc) is 3.39. The van der Waals surface area contributed by atoms with Crippen molar-refractivity contribution in [1.29, 1.82) is 0 Å². The summed E-state index contributed by atoms with van der Waals surface area (Å²) >= 11 is 0. The summed E-state index contributed by atoms with van der Waals surface area (Å²) in [5, 5.41) is 10.7. The number of esters is 1. The summed E-state index contributed by atoms with van der Waals surface area (Å²) in [6, 6.07) is -4.77. The van der Waals surface area contributed by atoms with Crippen LogP contribution in [0.25, 0.3) is 0 Å². The molecule has 5 atom stereocenters. The fourth-order valence-electron chi connectivity index (χ4n) is 5.36. The third-order valence-electron chi connectivity index (χ3n) is 8.34. The lowest BCUT2D eigenvalue weighted by atomic mass is 9.79. The first-order valence-corrected chi connectivity index (χ1v) is 16.8. The fraction of sp³-hybridized carbons (Fsp3) is 0.771. The van der Waals surface area contributed by atoms with Gasteiger partial charge >= 0.3 is 12.0 Å². The van der Waals surface area contributed by atoms with E-state index < -0.39 is 70.5 Å². The molecule has 0 bridgehead atoms. The second-order valence-corrected chi connectivity index (χ2v) is 16.1. The predicted molar refractivity (Wildman–Crippen MR) is 182 cm³/mol. The minimum Gasteiger partial charge on any atom is -0.461 e. The Hall–Kier alpha value is -3.44. The zero-order valence-corrected chi connectivity index (χ0v) is 30.8. The molecule has 1 unspecified atom stereocenters. The van der Waals surface area contributed by atoms with E-state index in [2.05, 4.69) is 27.8 Å². The van der Waals surface area contributed by atoms with Gasteiger partial charge in [0, 0.05) is 13.1 Å². The van der Waals surface area contributed by atoms with Crippen molar-refractivity contribution in [2.45, 2.75) is 139 Å². The van der Waals surface area contributed by atoms with Crippen molar-refractivity contribution in [2.24, 2.45) is 22.2 Å². The molecule has 12 heteroatoms. The highest BCUT2D eigenvalue weighted by Crippen LogP contribution is 2.38. The quantitative estimate of drug-likeness (QED) is 0.125. The van der Waals surface area contributed by atoms with Crippen LogP contribution in [0.2, 0.25) is 0 Å². The number of carbonyl (C=O) groups is 6. The molecule has 1 aliphatic heterocycles. The van der Waals surface area contributed by atoms with Gasteiger partial charge in [0.1, 0.15) is 18.1 Å². The van der Waals surface area contributed by atoms with Crippen LogP contribution in [-0.4, -0.2) is 83.8 Å². The molecule has 12 nitrogen and oxygen atoms in total. The van der Waals surface area contributed by atoms with E-state index in [0.29, 0.717) is 12.8 Å². The molecule has 0 aromatic carbocycles. The van der Waals surface area contributed by atoms with E-state index in [9.17, 15) is 28.8 Å². The van der Waals surface area contributed by atoms with Crippen molar-refractivity contribution in [3.8, 4) is 0 Å². The van der Waals surface area contributed by atoms with Gasteiger partial charge in [0.2, 0.25) is 17.6 Å². The van der Waals surface area contributed by atoms with Gasteiger partial charge in [-0.3, -0.25) is 19.2 Å². The summed E-state index contributed by atoms with van der Waals surface area (Å²) in [6.07, 6.45) is 3.05. The Morgan fingerprint density at radius 2 is 1.45 bits per heavy atom. The molecule has 0 aromatic heterocycles. The molecule has 0 aromatic rings. The van der Waals surface area contributed by atoms with E-state index in [1.165, 1.54) is 11.0 Å². The van der Waals surface area contributed by atoms with Crippen LogP contribution >= 0.6 is 0 Å². The van der Waals surface area contributed by atoms with Crippen LogP contribution in [0, 0.1) is 22.2 Å². The van der Waals surface area contributed by atoms with Gasteiger partial charge in [-0.15, -0.1) is 6.58 Å². The molecule has 1 saturated heterocycles. The average molecular weight is 664 g/mol. The molecule has 5 amide bonds. The van der Waals surface area contributed by atoms with Gasteiger partial charge < -0.3 is 30.9 Å². The first kappa shape index (κ1) is 41.6. The molecular weight excluding hydrogens is 602 g/mol. The summed E-state index contributed by atoms with van der Waals surface area (Å²) < 4.78 is 5.38. The molecule has 4 N–H and O–H groups in total. The Morgan fingerprint density at radius 1 is 0.894 bits per heavy atom. The number of urea groups is 1. The van der Waals surface area contributed by atoms with E-state index in [1.54, 1.807) is 55.4 Å². The van der Waals surface area contributed by atoms with E-state index in [1.807, 2.05) is 27.7 Å². The zero-order valence-electron chi connectivity index (χ0n) is 30.8. The standard InChI is InChI=1S/C35H61N5O7/c1-14-16-17-23(25(41)29(43)36-18-15-2)37-28(42)24-19-22(33(5,6)7)20-40(24)30(44)26(34(8,9)10)38-32(46)39-27(35(11,12)13)31(45)47-21(3)4/h15,21-24,26-27H,2,14,16-20H2,1,3-13H3,(H,36,43)(H,37,42)(H2,38,39,46)/t22-,23?,24+,26-,27-/m1/s1. The normalized spacial score (nSPS) is 18.9. The van der Waals surface area contributed by atoms with Crippen LogP contribution < -0.4 is 21.3 Å². The van der Waals surface area contributed by atoms with Crippen molar-refractivity contribution < 1.29 is 33.5 Å². The van der Waals surface area contributed by atoms with Crippen LogP contribution in [-0.2, 0) is 28.7 Å². The van der Waals surface area contributed by atoms with Gasteiger partial charge in [0.05, 0.1) is 12.1 Å². The first-order valence-electron chi connectivity index (χ1n) is 16.8. The Bertz CT molecular complexity index is 1150. The molecular formula is C35H61N5O7.